The number of pyridine rings is 1. The molecule has 2 aromatic heterocycles. The van der Waals surface area contributed by atoms with Crippen LogP contribution in [0.2, 0.25) is 0 Å². The average Bonchev–Trinajstić information content (AvgIpc) is 2.82. The van der Waals surface area contributed by atoms with E-state index in [2.05, 4.69) is 34.7 Å². The van der Waals surface area contributed by atoms with Gasteiger partial charge in [-0.3, -0.25) is 4.98 Å². The molecule has 0 aliphatic carbocycles. The fourth-order valence-electron chi connectivity index (χ4n) is 1.69. The van der Waals surface area contributed by atoms with E-state index in [4.69, 9.17) is 18.0 Å². The highest BCUT2D eigenvalue weighted by atomic mass is 32.1. The Hall–Kier alpha value is -1.46. The molecule has 0 amide bonds. The van der Waals surface area contributed by atoms with Crippen LogP contribution < -0.4 is 11.1 Å². The van der Waals surface area contributed by atoms with Crippen molar-refractivity contribution in [2.75, 3.05) is 5.32 Å². The molecule has 18 heavy (non-hydrogen) atoms. The molecule has 1 atom stereocenters. The van der Waals surface area contributed by atoms with Gasteiger partial charge in [0.25, 0.3) is 0 Å². The van der Waals surface area contributed by atoms with Gasteiger partial charge >= 0.3 is 0 Å². The van der Waals surface area contributed by atoms with Crippen molar-refractivity contribution in [1.82, 2.24) is 4.98 Å². The quantitative estimate of drug-likeness (QED) is 0.825. The first-order chi connectivity index (χ1) is 8.65. The molecule has 0 aromatic carbocycles. The van der Waals surface area contributed by atoms with Gasteiger partial charge in [-0.1, -0.05) is 18.3 Å². The van der Waals surface area contributed by atoms with Gasteiger partial charge in [0.2, 0.25) is 0 Å². The van der Waals surface area contributed by atoms with E-state index >= 15 is 0 Å². The van der Waals surface area contributed by atoms with Crippen LogP contribution in [-0.4, -0.2) is 16.0 Å². The molecule has 3 nitrogen and oxygen atoms in total. The lowest BCUT2D eigenvalue weighted by Crippen LogP contribution is -2.18. The van der Waals surface area contributed by atoms with Gasteiger partial charge in [-0.2, -0.15) is 0 Å². The summed E-state index contributed by atoms with van der Waals surface area (Å²) in [4.78, 5) is 5.91. The van der Waals surface area contributed by atoms with E-state index in [0.29, 0.717) is 16.7 Å². The second kappa shape index (κ2) is 5.93. The summed E-state index contributed by atoms with van der Waals surface area (Å²) in [6, 6.07) is 8.37. The van der Waals surface area contributed by atoms with Crippen molar-refractivity contribution < 1.29 is 0 Å². The number of anilines is 1. The van der Waals surface area contributed by atoms with Crippen LogP contribution >= 0.6 is 23.6 Å². The Morgan fingerprint density at radius 1 is 1.50 bits per heavy atom. The molecule has 5 heteroatoms. The van der Waals surface area contributed by atoms with Crippen molar-refractivity contribution in [3.05, 3.63) is 46.4 Å². The Labute approximate surface area is 116 Å². The number of nitrogens with one attached hydrogen (secondary N) is 1. The summed E-state index contributed by atoms with van der Waals surface area (Å²) in [6.07, 6.45) is 2.77. The van der Waals surface area contributed by atoms with Crippen LogP contribution in [0.4, 0.5) is 5.69 Å². The van der Waals surface area contributed by atoms with E-state index in [1.165, 1.54) is 4.88 Å². The second-order valence-electron chi connectivity index (χ2n) is 4.13. The lowest BCUT2D eigenvalue weighted by Gasteiger charge is -2.14. The van der Waals surface area contributed by atoms with Gasteiger partial charge in [-0.05, 0) is 30.5 Å². The van der Waals surface area contributed by atoms with Crippen molar-refractivity contribution in [1.29, 1.82) is 0 Å². The van der Waals surface area contributed by atoms with Gasteiger partial charge in [-0.25, -0.2) is 0 Å². The minimum absolute atomic E-state index is 0.327. The molecule has 0 bridgehead atoms. The normalized spacial score (nSPS) is 12.1. The zero-order valence-electron chi connectivity index (χ0n) is 10.1. The minimum Gasteiger partial charge on any atom is -0.388 e. The molecule has 0 radical (unpaired) electrons. The van der Waals surface area contributed by atoms with E-state index in [9.17, 15) is 0 Å². The van der Waals surface area contributed by atoms with Crippen LogP contribution in [-0.2, 0) is 6.42 Å². The maximum absolute atomic E-state index is 5.51. The molecule has 3 N–H and O–H groups in total. The van der Waals surface area contributed by atoms with Gasteiger partial charge in [-0.15, -0.1) is 11.3 Å². The maximum Gasteiger partial charge on any atom is 0.122 e. The zero-order valence-corrected chi connectivity index (χ0v) is 11.7. The third-order valence-corrected chi connectivity index (χ3v) is 3.62. The van der Waals surface area contributed by atoms with Crippen molar-refractivity contribution >= 4 is 34.2 Å². The minimum atomic E-state index is 0.327. The van der Waals surface area contributed by atoms with Crippen LogP contribution in [0, 0.1) is 0 Å². The Morgan fingerprint density at radius 2 is 2.33 bits per heavy atom. The van der Waals surface area contributed by atoms with Crippen molar-refractivity contribution in [3.63, 3.8) is 0 Å². The average molecular weight is 277 g/mol. The number of rotatable bonds is 5. The van der Waals surface area contributed by atoms with Crippen LogP contribution in [0.5, 0.6) is 0 Å². The second-order valence-corrected chi connectivity index (χ2v) is 5.60. The number of thiophene rings is 1. The van der Waals surface area contributed by atoms with Crippen molar-refractivity contribution in [2.24, 2.45) is 5.73 Å². The number of hydrogen-bond acceptors (Lipinski definition) is 4. The first-order valence-corrected chi connectivity index (χ1v) is 6.98. The summed E-state index contributed by atoms with van der Waals surface area (Å²) in [5.41, 5.74) is 7.14. The molecule has 2 aromatic rings. The fourth-order valence-corrected chi connectivity index (χ4v) is 2.65. The molecule has 0 aliphatic heterocycles. The molecule has 94 valence electrons. The monoisotopic (exact) mass is 277 g/mol. The number of hydrogen-bond donors (Lipinski definition) is 2. The van der Waals surface area contributed by atoms with Crippen molar-refractivity contribution in [2.45, 2.75) is 19.4 Å². The molecule has 0 fully saturated rings. The third-order valence-electron chi connectivity index (χ3n) is 2.52. The van der Waals surface area contributed by atoms with Gasteiger partial charge in [0.1, 0.15) is 4.99 Å². The summed E-state index contributed by atoms with van der Waals surface area (Å²) in [5, 5.41) is 5.50. The smallest absolute Gasteiger partial charge is 0.122 e. The van der Waals surface area contributed by atoms with Crippen molar-refractivity contribution in [3.8, 4) is 0 Å². The number of nitrogens with two attached hydrogens (primary N) is 1. The van der Waals surface area contributed by atoms with Gasteiger partial charge in [0, 0.05) is 17.3 Å². The number of thiocarbonyl (C=S) groups is 1. The van der Waals surface area contributed by atoms with Gasteiger partial charge < -0.3 is 11.1 Å². The van der Waals surface area contributed by atoms with E-state index in [1.54, 1.807) is 17.5 Å². The molecule has 2 heterocycles. The topological polar surface area (TPSA) is 50.9 Å². The third kappa shape index (κ3) is 3.51. The first kappa shape index (κ1) is 13.0. The van der Waals surface area contributed by atoms with E-state index in [-0.39, 0.29) is 0 Å². The largest absolute Gasteiger partial charge is 0.388 e. The Bertz CT molecular complexity index is 506. The number of aromatic nitrogens is 1. The van der Waals surface area contributed by atoms with Crippen LogP contribution in [0.3, 0.4) is 0 Å². The summed E-state index contributed by atoms with van der Waals surface area (Å²) in [5.74, 6) is 0. The molecule has 0 spiro atoms. The predicted molar refractivity (Wildman–Crippen MR) is 81.2 cm³/mol. The summed E-state index contributed by atoms with van der Waals surface area (Å²) in [7, 11) is 0. The SMILES string of the molecule is CC(Cc1cccs1)Nc1ccc(C(N)=S)nc1. The Kier molecular flexibility index (Phi) is 4.28. The molecule has 2 rings (SSSR count). The fraction of sp³-hybridized carbons (Fsp3) is 0.231. The summed E-state index contributed by atoms with van der Waals surface area (Å²) >= 11 is 6.65. The van der Waals surface area contributed by atoms with Crippen LogP contribution in [0.25, 0.3) is 0 Å². The molecule has 0 saturated heterocycles. The molecular weight excluding hydrogens is 262 g/mol. The summed E-state index contributed by atoms with van der Waals surface area (Å²) in [6.45, 7) is 2.15. The Morgan fingerprint density at radius 3 is 2.89 bits per heavy atom. The highest BCUT2D eigenvalue weighted by Crippen LogP contribution is 2.14. The van der Waals surface area contributed by atoms with E-state index in [1.807, 2.05) is 12.1 Å². The summed E-state index contributed by atoms with van der Waals surface area (Å²) < 4.78 is 0. The molecular formula is C13H15N3S2. The van der Waals surface area contributed by atoms with E-state index < -0.39 is 0 Å². The lowest BCUT2D eigenvalue weighted by molar-refractivity contribution is 0.799. The van der Waals surface area contributed by atoms with Gasteiger partial charge in [0.05, 0.1) is 17.6 Å². The molecule has 0 aliphatic rings. The molecule has 1 unspecified atom stereocenters. The zero-order chi connectivity index (χ0) is 13.0. The van der Waals surface area contributed by atoms with Crippen LogP contribution in [0.1, 0.15) is 17.5 Å². The highest BCUT2D eigenvalue weighted by Gasteiger charge is 2.05. The highest BCUT2D eigenvalue weighted by molar-refractivity contribution is 7.80. The first-order valence-electron chi connectivity index (χ1n) is 5.70. The Balaban J connectivity index is 1.94. The van der Waals surface area contributed by atoms with E-state index in [0.717, 1.165) is 12.1 Å². The van der Waals surface area contributed by atoms with Gasteiger partial charge in [0.15, 0.2) is 0 Å². The predicted octanol–water partition coefficient (Wildman–Crippen LogP) is 2.82. The lowest BCUT2D eigenvalue weighted by atomic mass is 10.2. The standard InChI is InChI=1S/C13H15N3S2/c1-9(7-11-3-2-6-18-11)16-10-4-5-12(13(14)17)15-8-10/h2-6,8-9,16H,7H2,1H3,(H2,14,17). The number of nitrogens with zero attached hydrogens (tertiary/aromatic N) is 1. The maximum atomic E-state index is 5.51. The van der Waals surface area contributed by atoms with Crippen LogP contribution in [0.15, 0.2) is 35.8 Å². The molecule has 0 saturated carbocycles.